The zero-order valence-electron chi connectivity index (χ0n) is 11.1. The van der Waals surface area contributed by atoms with Crippen LogP contribution in [0.2, 0.25) is 0 Å². The quantitative estimate of drug-likeness (QED) is 0.702. The maximum Gasteiger partial charge on any atom is 0.414 e. The zero-order valence-corrected chi connectivity index (χ0v) is 11.1. The predicted octanol–water partition coefficient (Wildman–Crippen LogP) is -0.338. The number of nitrogens with one attached hydrogen (secondary N) is 1. The highest BCUT2D eigenvalue weighted by Crippen LogP contribution is 2.33. The highest BCUT2D eigenvalue weighted by atomic mass is 16.6. The highest BCUT2D eigenvalue weighted by molar-refractivity contribution is 5.97. The van der Waals surface area contributed by atoms with Crippen molar-refractivity contribution in [3.05, 3.63) is 18.2 Å². The fraction of sp³-hybridized carbons (Fsp3) is 0.385. The molecule has 112 valence electrons. The van der Waals surface area contributed by atoms with Crippen LogP contribution in [0.25, 0.3) is 0 Å². The molecule has 2 atom stereocenters. The molecule has 21 heavy (non-hydrogen) atoms. The molecular formula is C13H15N3O5. The summed E-state index contributed by atoms with van der Waals surface area (Å²) in [6.07, 6.45) is -2.13. The molecule has 2 heterocycles. The average Bonchev–Trinajstić information content (AvgIpc) is 2.87. The first kappa shape index (κ1) is 13.7. The molecule has 2 aliphatic rings. The molecule has 1 aromatic carbocycles. The van der Waals surface area contributed by atoms with Gasteiger partial charge in [-0.1, -0.05) is 0 Å². The van der Waals surface area contributed by atoms with Crippen LogP contribution in [0.5, 0.6) is 5.75 Å². The lowest BCUT2D eigenvalue weighted by molar-refractivity contribution is -0.118. The fourth-order valence-electron chi connectivity index (χ4n) is 2.29. The van der Waals surface area contributed by atoms with E-state index < -0.39 is 18.3 Å². The number of benzene rings is 1. The summed E-state index contributed by atoms with van der Waals surface area (Å²) >= 11 is 0. The number of carbonyl (C=O) groups is 2. The van der Waals surface area contributed by atoms with Crippen LogP contribution in [0.4, 0.5) is 16.2 Å². The summed E-state index contributed by atoms with van der Waals surface area (Å²) in [5.74, 6) is 0.296. The van der Waals surface area contributed by atoms with Crippen LogP contribution in [-0.2, 0) is 9.53 Å². The van der Waals surface area contributed by atoms with Gasteiger partial charge in [0.25, 0.3) is 5.91 Å². The van der Waals surface area contributed by atoms with Crippen molar-refractivity contribution in [1.29, 1.82) is 0 Å². The molecule has 0 aromatic heterocycles. The van der Waals surface area contributed by atoms with Crippen LogP contribution in [0.3, 0.4) is 0 Å². The van der Waals surface area contributed by atoms with E-state index in [-0.39, 0.29) is 25.6 Å². The Bertz CT molecular complexity index is 591. The Balaban J connectivity index is 1.83. The smallest absolute Gasteiger partial charge is 0.414 e. The van der Waals surface area contributed by atoms with Crippen molar-refractivity contribution in [2.75, 3.05) is 29.9 Å². The van der Waals surface area contributed by atoms with Crippen molar-refractivity contribution in [2.24, 2.45) is 5.73 Å². The number of fused-ring (bicyclic) bond motifs is 1. The van der Waals surface area contributed by atoms with E-state index in [0.29, 0.717) is 17.1 Å². The standard InChI is InChI=1S/C13H15N3O5/c14-4-9(17)11-5-16(13(19)21-11)7-1-2-10-8(3-7)15-12(18)6-20-10/h1-3,9,11,17H,4-6,14H2,(H,15,18)/t9?,11-/m1/s1. The second-order valence-electron chi connectivity index (χ2n) is 4.85. The van der Waals surface area contributed by atoms with Crippen LogP contribution < -0.4 is 20.7 Å². The van der Waals surface area contributed by atoms with Crippen molar-refractivity contribution in [3.63, 3.8) is 0 Å². The third kappa shape index (κ3) is 2.50. The maximum atomic E-state index is 11.9. The second-order valence-corrected chi connectivity index (χ2v) is 4.85. The average molecular weight is 293 g/mol. The van der Waals surface area contributed by atoms with E-state index in [0.717, 1.165) is 0 Å². The van der Waals surface area contributed by atoms with Crippen LogP contribution in [0, 0.1) is 0 Å². The number of aliphatic hydroxyl groups is 1. The normalized spacial score (nSPS) is 22.2. The molecule has 2 amide bonds. The van der Waals surface area contributed by atoms with Gasteiger partial charge < -0.3 is 25.6 Å². The third-order valence-corrected chi connectivity index (χ3v) is 3.41. The minimum Gasteiger partial charge on any atom is -0.482 e. The van der Waals surface area contributed by atoms with Crippen molar-refractivity contribution >= 4 is 23.4 Å². The minimum atomic E-state index is -0.903. The van der Waals surface area contributed by atoms with E-state index >= 15 is 0 Å². The van der Waals surface area contributed by atoms with Crippen LogP contribution in [0.1, 0.15) is 0 Å². The number of carbonyl (C=O) groups excluding carboxylic acids is 2. The van der Waals surface area contributed by atoms with Crippen LogP contribution in [-0.4, -0.2) is 49.0 Å². The Labute approximate surface area is 120 Å². The molecule has 0 aliphatic carbocycles. The molecule has 1 aromatic rings. The van der Waals surface area contributed by atoms with Crippen molar-refractivity contribution < 1.29 is 24.2 Å². The third-order valence-electron chi connectivity index (χ3n) is 3.41. The number of hydrogen-bond acceptors (Lipinski definition) is 6. The molecule has 0 spiro atoms. The Kier molecular flexibility index (Phi) is 3.40. The number of anilines is 2. The summed E-state index contributed by atoms with van der Waals surface area (Å²) < 4.78 is 10.3. The van der Waals surface area contributed by atoms with Crippen LogP contribution >= 0.6 is 0 Å². The minimum absolute atomic E-state index is 0.0138. The summed E-state index contributed by atoms with van der Waals surface area (Å²) in [6, 6.07) is 4.99. The van der Waals surface area contributed by atoms with E-state index in [1.807, 2.05) is 0 Å². The van der Waals surface area contributed by atoms with E-state index in [1.165, 1.54) is 4.90 Å². The number of nitrogens with zero attached hydrogens (tertiary/aromatic N) is 1. The Morgan fingerprint density at radius 2 is 2.29 bits per heavy atom. The number of rotatable bonds is 3. The van der Waals surface area contributed by atoms with Gasteiger partial charge in [-0.25, -0.2) is 4.79 Å². The Morgan fingerprint density at radius 1 is 1.48 bits per heavy atom. The molecule has 4 N–H and O–H groups in total. The lowest BCUT2D eigenvalue weighted by Crippen LogP contribution is -2.36. The van der Waals surface area contributed by atoms with E-state index in [2.05, 4.69) is 5.32 Å². The first-order chi connectivity index (χ1) is 10.1. The van der Waals surface area contributed by atoms with E-state index in [9.17, 15) is 14.7 Å². The number of cyclic esters (lactones) is 1. The topological polar surface area (TPSA) is 114 Å². The van der Waals surface area contributed by atoms with Crippen molar-refractivity contribution in [1.82, 2.24) is 0 Å². The first-order valence-electron chi connectivity index (χ1n) is 6.51. The van der Waals surface area contributed by atoms with Crippen LogP contribution in [0.15, 0.2) is 18.2 Å². The molecule has 1 saturated heterocycles. The van der Waals surface area contributed by atoms with Gasteiger partial charge in [-0.2, -0.15) is 0 Å². The van der Waals surface area contributed by atoms with Gasteiger partial charge in [0.05, 0.1) is 12.2 Å². The van der Waals surface area contributed by atoms with Gasteiger partial charge in [-0.05, 0) is 18.2 Å². The molecule has 0 radical (unpaired) electrons. The highest BCUT2D eigenvalue weighted by Gasteiger charge is 2.36. The fourth-order valence-corrected chi connectivity index (χ4v) is 2.29. The zero-order chi connectivity index (χ0) is 15.0. The molecular weight excluding hydrogens is 278 g/mol. The Morgan fingerprint density at radius 3 is 3.05 bits per heavy atom. The number of amides is 2. The van der Waals surface area contributed by atoms with Crippen molar-refractivity contribution in [3.8, 4) is 5.75 Å². The van der Waals surface area contributed by atoms with E-state index in [4.69, 9.17) is 15.2 Å². The molecule has 0 saturated carbocycles. The molecule has 1 unspecified atom stereocenters. The number of ether oxygens (including phenoxy) is 2. The SMILES string of the molecule is NCC(O)[C@H]1CN(c2ccc3c(c2)NC(=O)CO3)C(=O)O1. The summed E-state index contributed by atoms with van der Waals surface area (Å²) in [7, 11) is 0. The molecule has 0 bridgehead atoms. The largest absolute Gasteiger partial charge is 0.482 e. The molecule has 2 aliphatic heterocycles. The second kappa shape index (κ2) is 5.23. The predicted molar refractivity (Wildman–Crippen MR) is 73.2 cm³/mol. The first-order valence-corrected chi connectivity index (χ1v) is 6.51. The number of aliphatic hydroxyl groups excluding tert-OH is 1. The summed E-state index contributed by atoms with van der Waals surface area (Å²) in [5.41, 5.74) is 6.42. The maximum absolute atomic E-state index is 11.9. The van der Waals surface area contributed by atoms with Gasteiger partial charge in [0.2, 0.25) is 0 Å². The molecule has 8 nitrogen and oxygen atoms in total. The molecule has 1 fully saturated rings. The monoisotopic (exact) mass is 293 g/mol. The van der Waals surface area contributed by atoms with Gasteiger partial charge in [-0.15, -0.1) is 0 Å². The van der Waals surface area contributed by atoms with Gasteiger partial charge in [0, 0.05) is 12.2 Å². The molecule has 8 heteroatoms. The van der Waals surface area contributed by atoms with Crippen molar-refractivity contribution in [2.45, 2.75) is 12.2 Å². The lowest BCUT2D eigenvalue weighted by atomic mass is 10.2. The lowest BCUT2D eigenvalue weighted by Gasteiger charge is -2.21. The van der Waals surface area contributed by atoms with Gasteiger partial charge in [-0.3, -0.25) is 9.69 Å². The van der Waals surface area contributed by atoms with E-state index in [1.54, 1.807) is 18.2 Å². The number of nitrogens with two attached hydrogens (primary N) is 1. The number of hydrogen-bond donors (Lipinski definition) is 3. The summed E-state index contributed by atoms with van der Waals surface area (Å²) in [5, 5.41) is 12.3. The van der Waals surface area contributed by atoms with Gasteiger partial charge in [0.1, 0.15) is 18.0 Å². The van der Waals surface area contributed by atoms with Gasteiger partial charge in [0.15, 0.2) is 6.61 Å². The van der Waals surface area contributed by atoms with Gasteiger partial charge >= 0.3 is 6.09 Å². The summed E-state index contributed by atoms with van der Waals surface area (Å²) in [4.78, 5) is 24.6. The summed E-state index contributed by atoms with van der Waals surface area (Å²) in [6.45, 7) is 0.188. The Hall–Kier alpha value is -2.32. The molecule has 3 rings (SSSR count).